The van der Waals surface area contributed by atoms with Gasteiger partial charge in [0.25, 0.3) is 0 Å². The molecule has 1 nitrogen and oxygen atoms in total. The molecule has 1 heteroatoms. The van der Waals surface area contributed by atoms with Crippen LogP contribution in [0.3, 0.4) is 0 Å². The lowest BCUT2D eigenvalue weighted by Gasteiger charge is -2.06. The first-order chi connectivity index (χ1) is 3.80. The summed E-state index contributed by atoms with van der Waals surface area (Å²) in [5.74, 6) is 0.118. The zero-order valence-corrected chi connectivity index (χ0v) is 4.72. The molecule has 42 valence electrons. The molecule has 0 saturated carbocycles. The van der Waals surface area contributed by atoms with Gasteiger partial charge < -0.3 is 5.11 Å². The Morgan fingerprint density at radius 3 is 2.25 bits per heavy atom. The molecule has 0 aliphatic carbocycles. The molecule has 0 N–H and O–H groups in total. The van der Waals surface area contributed by atoms with Gasteiger partial charge in [-0.15, -0.1) is 5.75 Å². The first-order valence-electron chi connectivity index (χ1n) is 2.53. The van der Waals surface area contributed by atoms with Gasteiger partial charge in [-0.05, 0) is 6.92 Å². The van der Waals surface area contributed by atoms with E-state index in [0.717, 1.165) is 5.56 Å². The van der Waals surface area contributed by atoms with Crippen molar-refractivity contribution in [2.75, 3.05) is 0 Å². The fraction of sp³-hybridized carbons (Fsp3) is 0.143. The Morgan fingerprint density at radius 2 is 1.88 bits per heavy atom. The second-order valence-corrected chi connectivity index (χ2v) is 1.77. The van der Waals surface area contributed by atoms with Crippen molar-refractivity contribution in [3.63, 3.8) is 0 Å². The Kier molecular flexibility index (Phi) is 1.20. The van der Waals surface area contributed by atoms with Crippen LogP contribution in [-0.2, 0) is 0 Å². The maximum atomic E-state index is 10.6. The molecule has 0 bridgehead atoms. The van der Waals surface area contributed by atoms with Gasteiger partial charge in [-0.1, -0.05) is 29.8 Å². The smallest absolute Gasteiger partial charge is 0.0404 e. The summed E-state index contributed by atoms with van der Waals surface area (Å²) in [6.45, 7) is 1.81. The highest BCUT2D eigenvalue weighted by atomic mass is 16.3. The summed E-state index contributed by atoms with van der Waals surface area (Å²) in [4.78, 5) is 0. The van der Waals surface area contributed by atoms with Crippen LogP contribution in [0.5, 0.6) is 5.75 Å². The van der Waals surface area contributed by atoms with Crippen LogP contribution >= 0.6 is 0 Å². The molecule has 0 aliphatic heterocycles. The fourth-order valence-corrected chi connectivity index (χ4v) is 0.556. The normalized spacial score (nSPS) is 9.12. The molecular weight excluding hydrogens is 100 g/mol. The van der Waals surface area contributed by atoms with Crippen LogP contribution in [-0.4, -0.2) is 0 Å². The van der Waals surface area contributed by atoms with Crippen molar-refractivity contribution < 1.29 is 5.11 Å². The van der Waals surface area contributed by atoms with E-state index in [9.17, 15) is 5.11 Å². The summed E-state index contributed by atoms with van der Waals surface area (Å²) in [7, 11) is 0. The number of aryl methyl sites for hydroxylation is 1. The highest BCUT2D eigenvalue weighted by Crippen LogP contribution is 2.08. The zero-order valence-electron chi connectivity index (χ0n) is 4.72. The predicted octanol–water partition coefficient (Wildman–Crippen LogP) is 1.07. The van der Waals surface area contributed by atoms with E-state index in [1.54, 1.807) is 12.1 Å². The van der Waals surface area contributed by atoms with Crippen LogP contribution in [0.1, 0.15) is 5.56 Å². The third kappa shape index (κ3) is 0.808. The van der Waals surface area contributed by atoms with E-state index in [1.807, 2.05) is 19.1 Å². The summed E-state index contributed by atoms with van der Waals surface area (Å²) in [6.07, 6.45) is 0. The SMILES string of the molecule is Cc1ccccc1[O-]. The number of para-hydroxylation sites is 1. The van der Waals surface area contributed by atoms with Gasteiger partial charge in [0.15, 0.2) is 0 Å². The molecule has 0 radical (unpaired) electrons. The predicted molar refractivity (Wildman–Crippen MR) is 30.6 cm³/mol. The Hall–Kier alpha value is -0.980. The van der Waals surface area contributed by atoms with E-state index in [0.29, 0.717) is 0 Å². The molecular formula is C7H7O-. The Bertz CT molecular complexity index is 160. The average Bonchev–Trinajstić information content (AvgIpc) is 1.77. The van der Waals surface area contributed by atoms with Crippen LogP contribution in [0.2, 0.25) is 0 Å². The van der Waals surface area contributed by atoms with Crippen LogP contribution in [0.4, 0.5) is 0 Å². The van der Waals surface area contributed by atoms with E-state index < -0.39 is 0 Å². The molecule has 0 atom stereocenters. The van der Waals surface area contributed by atoms with E-state index in [-0.39, 0.29) is 5.75 Å². The van der Waals surface area contributed by atoms with Crippen molar-refractivity contribution in [1.29, 1.82) is 0 Å². The van der Waals surface area contributed by atoms with Crippen molar-refractivity contribution in [2.45, 2.75) is 6.92 Å². The van der Waals surface area contributed by atoms with Crippen molar-refractivity contribution in [3.05, 3.63) is 29.8 Å². The third-order valence-electron chi connectivity index (χ3n) is 1.09. The highest BCUT2D eigenvalue weighted by Gasteiger charge is 1.78. The van der Waals surface area contributed by atoms with Crippen LogP contribution in [0, 0.1) is 6.92 Å². The zero-order chi connectivity index (χ0) is 5.98. The molecule has 0 aliphatic rings. The molecule has 0 unspecified atom stereocenters. The van der Waals surface area contributed by atoms with Crippen LogP contribution in [0.25, 0.3) is 0 Å². The van der Waals surface area contributed by atoms with E-state index in [2.05, 4.69) is 0 Å². The van der Waals surface area contributed by atoms with Gasteiger partial charge in [0, 0.05) is 0 Å². The van der Waals surface area contributed by atoms with E-state index in [1.165, 1.54) is 0 Å². The number of rotatable bonds is 0. The van der Waals surface area contributed by atoms with Gasteiger partial charge in [0.05, 0.1) is 0 Å². The largest absolute Gasteiger partial charge is 0.872 e. The minimum atomic E-state index is 0.118. The van der Waals surface area contributed by atoms with Crippen molar-refractivity contribution in [3.8, 4) is 5.75 Å². The number of hydrogen-bond donors (Lipinski definition) is 0. The van der Waals surface area contributed by atoms with E-state index >= 15 is 0 Å². The molecule has 0 heterocycles. The standard InChI is InChI=1S/C7H8O/c1-6-4-2-3-5-7(6)8/h2-5,8H,1H3/p-1. The summed E-state index contributed by atoms with van der Waals surface area (Å²) >= 11 is 0. The Morgan fingerprint density at radius 1 is 1.25 bits per heavy atom. The second kappa shape index (κ2) is 1.86. The molecule has 1 rings (SSSR count). The molecule has 8 heavy (non-hydrogen) atoms. The molecule has 1 aromatic rings. The molecule has 0 spiro atoms. The fourth-order valence-electron chi connectivity index (χ4n) is 0.556. The molecule has 1 aromatic carbocycles. The lowest BCUT2D eigenvalue weighted by atomic mass is 10.2. The highest BCUT2D eigenvalue weighted by molar-refractivity contribution is 5.28. The minimum Gasteiger partial charge on any atom is -0.872 e. The summed E-state index contributed by atoms with van der Waals surface area (Å²) < 4.78 is 0. The van der Waals surface area contributed by atoms with Gasteiger partial charge in [0.1, 0.15) is 0 Å². The van der Waals surface area contributed by atoms with Gasteiger partial charge in [-0.3, -0.25) is 0 Å². The maximum Gasteiger partial charge on any atom is -0.0404 e. The summed E-state index contributed by atoms with van der Waals surface area (Å²) in [5.41, 5.74) is 0.813. The molecule has 0 aromatic heterocycles. The van der Waals surface area contributed by atoms with Crippen molar-refractivity contribution >= 4 is 0 Å². The van der Waals surface area contributed by atoms with Gasteiger partial charge >= 0.3 is 0 Å². The lowest BCUT2D eigenvalue weighted by molar-refractivity contribution is -0.269. The number of hydrogen-bond acceptors (Lipinski definition) is 1. The topological polar surface area (TPSA) is 23.1 Å². The maximum absolute atomic E-state index is 10.6. The van der Waals surface area contributed by atoms with Crippen molar-refractivity contribution in [1.82, 2.24) is 0 Å². The monoisotopic (exact) mass is 107 g/mol. The van der Waals surface area contributed by atoms with Gasteiger partial charge in [-0.2, -0.15) is 0 Å². The first-order valence-corrected chi connectivity index (χ1v) is 2.53. The molecule has 0 amide bonds. The summed E-state index contributed by atoms with van der Waals surface area (Å²) in [5, 5.41) is 10.6. The Balaban J connectivity index is 3.13. The van der Waals surface area contributed by atoms with E-state index in [4.69, 9.17) is 0 Å². The number of benzene rings is 1. The molecule has 0 saturated heterocycles. The Labute approximate surface area is 48.6 Å². The summed E-state index contributed by atoms with van der Waals surface area (Å²) in [6, 6.07) is 6.98. The van der Waals surface area contributed by atoms with Gasteiger partial charge in [-0.25, -0.2) is 0 Å². The quantitative estimate of drug-likeness (QED) is 0.486. The van der Waals surface area contributed by atoms with Crippen LogP contribution < -0.4 is 5.11 Å². The first kappa shape index (κ1) is 5.16. The molecule has 0 fully saturated rings. The van der Waals surface area contributed by atoms with Gasteiger partial charge in [0.2, 0.25) is 0 Å². The third-order valence-corrected chi connectivity index (χ3v) is 1.09. The minimum absolute atomic E-state index is 0.118. The van der Waals surface area contributed by atoms with Crippen LogP contribution in [0.15, 0.2) is 24.3 Å². The average molecular weight is 107 g/mol. The lowest BCUT2D eigenvalue weighted by Crippen LogP contribution is -1.90. The second-order valence-electron chi connectivity index (χ2n) is 1.77. The van der Waals surface area contributed by atoms with Crippen molar-refractivity contribution in [2.24, 2.45) is 0 Å².